The Labute approximate surface area is 88.2 Å². The molecule has 0 fully saturated rings. The van der Waals surface area contributed by atoms with E-state index in [1.165, 1.54) is 0 Å². The third-order valence-corrected chi connectivity index (χ3v) is 1.91. The Morgan fingerprint density at radius 1 is 1.19 bits per heavy atom. The highest BCUT2D eigenvalue weighted by molar-refractivity contribution is 5.73. The van der Waals surface area contributed by atoms with E-state index in [4.69, 9.17) is 15.3 Å². The average Bonchev–Trinajstić information content (AvgIpc) is 2.14. The van der Waals surface area contributed by atoms with Crippen molar-refractivity contribution < 1.29 is 34.0 Å². The van der Waals surface area contributed by atoms with Crippen molar-refractivity contribution in [2.75, 3.05) is 0 Å². The van der Waals surface area contributed by atoms with Crippen molar-refractivity contribution in [3.05, 3.63) is 29.3 Å². The summed E-state index contributed by atoms with van der Waals surface area (Å²) in [5.74, 6) is -5.22. The first-order valence-electron chi connectivity index (χ1n) is 4.11. The molecule has 2 unspecified atom stereocenters. The minimum absolute atomic E-state index is 0.496. The summed E-state index contributed by atoms with van der Waals surface area (Å²) in [5, 5.41) is 35.3. The van der Waals surface area contributed by atoms with Crippen LogP contribution in [0.2, 0.25) is 0 Å². The van der Waals surface area contributed by atoms with E-state index in [1.54, 1.807) is 0 Å². The lowest BCUT2D eigenvalue weighted by Gasteiger charge is -2.15. The number of aliphatic hydroxyl groups excluding tert-OH is 2. The standard InChI is InChI=1S/C9H8F2O5/c10-4-1-3(12)2-5(11)6(4)7(13)8(14)9(15)16/h1-2,7-8,12-14H,(H,15,16). The maximum absolute atomic E-state index is 13.1. The van der Waals surface area contributed by atoms with Gasteiger partial charge in [0.05, 0.1) is 5.56 Å². The minimum atomic E-state index is -2.35. The molecule has 0 bridgehead atoms. The van der Waals surface area contributed by atoms with Crippen molar-refractivity contribution in [1.82, 2.24) is 0 Å². The lowest BCUT2D eigenvalue weighted by Crippen LogP contribution is -2.28. The number of hydrogen-bond acceptors (Lipinski definition) is 4. The Kier molecular flexibility index (Phi) is 3.41. The Morgan fingerprint density at radius 3 is 2.00 bits per heavy atom. The molecule has 0 aliphatic carbocycles. The first-order valence-corrected chi connectivity index (χ1v) is 4.11. The SMILES string of the molecule is O=C(O)C(O)C(O)c1c(F)cc(O)cc1F. The Balaban J connectivity index is 3.18. The van der Waals surface area contributed by atoms with Crippen molar-refractivity contribution in [2.45, 2.75) is 12.2 Å². The summed E-state index contributed by atoms with van der Waals surface area (Å²) < 4.78 is 26.2. The second-order valence-electron chi connectivity index (χ2n) is 3.05. The molecule has 4 N–H and O–H groups in total. The van der Waals surface area contributed by atoms with Gasteiger partial charge in [0, 0.05) is 12.1 Å². The molecular weight excluding hydrogens is 226 g/mol. The first-order chi connectivity index (χ1) is 7.34. The third kappa shape index (κ3) is 2.26. The summed E-state index contributed by atoms with van der Waals surface area (Å²) >= 11 is 0. The van der Waals surface area contributed by atoms with Gasteiger partial charge in [-0.1, -0.05) is 0 Å². The summed E-state index contributed by atoms with van der Waals surface area (Å²) in [6.45, 7) is 0. The predicted molar refractivity (Wildman–Crippen MR) is 46.6 cm³/mol. The van der Waals surface area contributed by atoms with Gasteiger partial charge < -0.3 is 20.4 Å². The molecule has 1 aromatic rings. The number of benzene rings is 1. The van der Waals surface area contributed by atoms with E-state index < -0.39 is 41.1 Å². The van der Waals surface area contributed by atoms with Gasteiger partial charge in [-0.25, -0.2) is 13.6 Å². The molecule has 0 radical (unpaired) electrons. The lowest BCUT2D eigenvalue weighted by molar-refractivity contribution is -0.153. The highest BCUT2D eigenvalue weighted by Crippen LogP contribution is 2.27. The molecule has 16 heavy (non-hydrogen) atoms. The lowest BCUT2D eigenvalue weighted by atomic mass is 10.0. The van der Waals surface area contributed by atoms with Gasteiger partial charge in [0.15, 0.2) is 6.10 Å². The van der Waals surface area contributed by atoms with E-state index in [0.29, 0.717) is 12.1 Å². The van der Waals surface area contributed by atoms with Gasteiger partial charge in [-0.05, 0) is 0 Å². The van der Waals surface area contributed by atoms with Crippen molar-refractivity contribution in [3.63, 3.8) is 0 Å². The number of carboxylic acids is 1. The monoisotopic (exact) mass is 234 g/mol. The van der Waals surface area contributed by atoms with Crippen molar-refractivity contribution in [2.24, 2.45) is 0 Å². The fourth-order valence-corrected chi connectivity index (χ4v) is 1.15. The summed E-state index contributed by atoms with van der Waals surface area (Å²) in [6.07, 6.45) is -4.60. The number of carboxylic acid groups (broad SMARTS) is 1. The van der Waals surface area contributed by atoms with Gasteiger partial charge in [0.1, 0.15) is 23.5 Å². The molecule has 88 valence electrons. The van der Waals surface area contributed by atoms with Crippen LogP contribution in [-0.2, 0) is 4.79 Å². The first kappa shape index (κ1) is 12.3. The number of hydrogen-bond donors (Lipinski definition) is 4. The summed E-state index contributed by atoms with van der Waals surface area (Å²) in [4.78, 5) is 10.3. The molecule has 7 heteroatoms. The van der Waals surface area contributed by atoms with E-state index in [9.17, 15) is 18.7 Å². The van der Waals surface area contributed by atoms with Crippen LogP contribution >= 0.6 is 0 Å². The number of carbonyl (C=O) groups is 1. The van der Waals surface area contributed by atoms with E-state index in [2.05, 4.69) is 0 Å². The normalized spacial score (nSPS) is 14.5. The number of phenolic OH excluding ortho intramolecular Hbond substituents is 1. The number of halogens is 2. The molecule has 0 aromatic heterocycles. The highest BCUT2D eigenvalue weighted by Gasteiger charge is 2.30. The second-order valence-corrected chi connectivity index (χ2v) is 3.05. The third-order valence-electron chi connectivity index (χ3n) is 1.91. The molecule has 0 heterocycles. The summed E-state index contributed by atoms with van der Waals surface area (Å²) in [7, 11) is 0. The maximum Gasteiger partial charge on any atom is 0.335 e. The Bertz CT molecular complexity index is 397. The van der Waals surface area contributed by atoms with Crippen LogP contribution in [0.5, 0.6) is 5.75 Å². The zero-order valence-corrected chi connectivity index (χ0v) is 7.76. The second kappa shape index (κ2) is 4.42. The predicted octanol–water partition coefficient (Wildman–Crippen LogP) is 0.149. The van der Waals surface area contributed by atoms with E-state index in [0.717, 1.165) is 0 Å². The van der Waals surface area contributed by atoms with Crippen molar-refractivity contribution in [1.29, 1.82) is 0 Å². The smallest absolute Gasteiger partial charge is 0.335 e. The maximum atomic E-state index is 13.1. The van der Waals surface area contributed by atoms with Crippen LogP contribution in [0.1, 0.15) is 11.7 Å². The van der Waals surface area contributed by atoms with Gasteiger partial charge in [-0.3, -0.25) is 0 Å². The fraction of sp³-hybridized carbons (Fsp3) is 0.222. The number of phenols is 1. The summed E-state index contributed by atoms with van der Waals surface area (Å²) in [6, 6.07) is 0.992. The van der Waals surface area contributed by atoms with Crippen LogP contribution in [0.4, 0.5) is 8.78 Å². The van der Waals surface area contributed by atoms with Gasteiger partial charge in [0.2, 0.25) is 0 Å². The minimum Gasteiger partial charge on any atom is -0.508 e. The quantitative estimate of drug-likeness (QED) is 0.596. The molecule has 0 amide bonds. The largest absolute Gasteiger partial charge is 0.508 e. The van der Waals surface area contributed by atoms with E-state index in [-0.39, 0.29) is 0 Å². The van der Waals surface area contributed by atoms with Crippen molar-refractivity contribution >= 4 is 5.97 Å². The number of rotatable bonds is 3. The van der Waals surface area contributed by atoms with Crippen LogP contribution in [0.25, 0.3) is 0 Å². The van der Waals surface area contributed by atoms with Crippen LogP contribution in [0.3, 0.4) is 0 Å². The van der Waals surface area contributed by atoms with Crippen LogP contribution in [-0.4, -0.2) is 32.5 Å². The number of aliphatic carboxylic acids is 1. The van der Waals surface area contributed by atoms with Crippen LogP contribution in [0, 0.1) is 11.6 Å². The molecule has 1 aromatic carbocycles. The van der Waals surface area contributed by atoms with Crippen LogP contribution < -0.4 is 0 Å². The number of aromatic hydroxyl groups is 1. The zero-order chi connectivity index (χ0) is 12.5. The molecule has 0 saturated heterocycles. The van der Waals surface area contributed by atoms with E-state index in [1.807, 2.05) is 0 Å². The fourth-order valence-electron chi connectivity index (χ4n) is 1.15. The average molecular weight is 234 g/mol. The summed E-state index contributed by atoms with van der Waals surface area (Å²) in [5.41, 5.74) is -1.01. The molecule has 0 saturated carbocycles. The Morgan fingerprint density at radius 2 is 1.62 bits per heavy atom. The van der Waals surface area contributed by atoms with Gasteiger partial charge in [0.25, 0.3) is 0 Å². The molecule has 1 rings (SSSR count). The topological polar surface area (TPSA) is 98.0 Å². The van der Waals surface area contributed by atoms with Gasteiger partial charge >= 0.3 is 5.97 Å². The highest BCUT2D eigenvalue weighted by atomic mass is 19.1. The van der Waals surface area contributed by atoms with Crippen LogP contribution in [0.15, 0.2) is 12.1 Å². The molecular formula is C9H8F2O5. The van der Waals surface area contributed by atoms with Crippen molar-refractivity contribution in [3.8, 4) is 5.75 Å². The zero-order valence-electron chi connectivity index (χ0n) is 7.76. The number of aliphatic hydroxyl groups is 2. The molecule has 5 nitrogen and oxygen atoms in total. The van der Waals surface area contributed by atoms with Gasteiger partial charge in [-0.15, -0.1) is 0 Å². The molecule has 0 spiro atoms. The molecule has 0 aliphatic rings. The molecule has 0 aliphatic heterocycles. The van der Waals surface area contributed by atoms with Gasteiger partial charge in [-0.2, -0.15) is 0 Å². The van der Waals surface area contributed by atoms with E-state index >= 15 is 0 Å². The molecule has 2 atom stereocenters. The Hall–Kier alpha value is -1.73.